The Labute approximate surface area is 109 Å². The fourth-order valence-electron chi connectivity index (χ4n) is 1.76. The number of nitrogens with zero attached hydrogens (tertiary/aromatic N) is 2. The predicted octanol–water partition coefficient (Wildman–Crippen LogP) is 1.63. The summed E-state index contributed by atoms with van der Waals surface area (Å²) in [5.41, 5.74) is 7.04. The van der Waals surface area contributed by atoms with E-state index in [9.17, 15) is 4.79 Å². The van der Waals surface area contributed by atoms with E-state index in [0.717, 1.165) is 12.1 Å². The Morgan fingerprint density at radius 3 is 2.72 bits per heavy atom. The summed E-state index contributed by atoms with van der Waals surface area (Å²) in [5.74, 6) is 0.318. The standard InChI is InChI=1S/C13H24N4O/c1-5-6-16-13(18)10(4)17-8-15-7-11(17)12(14)9(2)3/h7-10,12H,5-6,14H2,1-4H3,(H,16,18). The summed E-state index contributed by atoms with van der Waals surface area (Å²) in [4.78, 5) is 16.1. The Morgan fingerprint density at radius 2 is 2.17 bits per heavy atom. The summed E-state index contributed by atoms with van der Waals surface area (Å²) in [7, 11) is 0. The molecule has 102 valence electrons. The third-order valence-corrected chi connectivity index (χ3v) is 3.10. The van der Waals surface area contributed by atoms with Crippen LogP contribution in [0.15, 0.2) is 12.5 Å². The number of rotatable bonds is 6. The minimum Gasteiger partial charge on any atom is -0.354 e. The van der Waals surface area contributed by atoms with Crippen molar-refractivity contribution in [3.8, 4) is 0 Å². The van der Waals surface area contributed by atoms with E-state index in [2.05, 4.69) is 24.1 Å². The molecule has 0 radical (unpaired) electrons. The molecule has 1 heterocycles. The fraction of sp³-hybridized carbons (Fsp3) is 0.692. The quantitative estimate of drug-likeness (QED) is 0.808. The molecule has 1 amide bonds. The van der Waals surface area contributed by atoms with Crippen LogP contribution < -0.4 is 11.1 Å². The van der Waals surface area contributed by atoms with Gasteiger partial charge < -0.3 is 15.6 Å². The summed E-state index contributed by atoms with van der Waals surface area (Å²) in [6.45, 7) is 8.71. The number of carbonyl (C=O) groups excluding carboxylic acids is 1. The molecule has 0 spiro atoms. The van der Waals surface area contributed by atoms with Crippen molar-refractivity contribution >= 4 is 5.91 Å². The van der Waals surface area contributed by atoms with Crippen LogP contribution in [0, 0.1) is 5.92 Å². The Hall–Kier alpha value is -1.36. The van der Waals surface area contributed by atoms with Gasteiger partial charge in [0, 0.05) is 18.8 Å². The van der Waals surface area contributed by atoms with E-state index in [-0.39, 0.29) is 18.0 Å². The molecule has 3 N–H and O–H groups in total. The number of aromatic nitrogens is 2. The van der Waals surface area contributed by atoms with Crippen molar-refractivity contribution in [2.45, 2.75) is 46.2 Å². The Morgan fingerprint density at radius 1 is 1.50 bits per heavy atom. The number of amides is 1. The SMILES string of the molecule is CCCNC(=O)C(C)n1cncc1C(N)C(C)C. The van der Waals surface area contributed by atoms with Crippen molar-refractivity contribution in [3.05, 3.63) is 18.2 Å². The largest absolute Gasteiger partial charge is 0.354 e. The van der Waals surface area contributed by atoms with Gasteiger partial charge in [-0.3, -0.25) is 4.79 Å². The second-order valence-corrected chi connectivity index (χ2v) is 4.96. The molecular formula is C13H24N4O. The molecule has 2 unspecified atom stereocenters. The lowest BCUT2D eigenvalue weighted by Gasteiger charge is -2.21. The van der Waals surface area contributed by atoms with Gasteiger partial charge in [-0.15, -0.1) is 0 Å². The second kappa shape index (κ2) is 6.54. The summed E-state index contributed by atoms with van der Waals surface area (Å²) >= 11 is 0. The fourth-order valence-corrected chi connectivity index (χ4v) is 1.76. The highest BCUT2D eigenvalue weighted by Gasteiger charge is 2.21. The number of imidazole rings is 1. The average Bonchev–Trinajstić information content (AvgIpc) is 2.82. The number of nitrogens with two attached hydrogens (primary N) is 1. The van der Waals surface area contributed by atoms with Crippen molar-refractivity contribution in [2.24, 2.45) is 11.7 Å². The second-order valence-electron chi connectivity index (χ2n) is 4.96. The van der Waals surface area contributed by atoms with Crippen LogP contribution in [0.3, 0.4) is 0 Å². The molecule has 5 heteroatoms. The average molecular weight is 252 g/mol. The lowest BCUT2D eigenvalue weighted by molar-refractivity contribution is -0.123. The first-order valence-electron chi connectivity index (χ1n) is 6.54. The van der Waals surface area contributed by atoms with Gasteiger partial charge in [0.25, 0.3) is 0 Å². The number of nitrogens with one attached hydrogen (secondary N) is 1. The molecule has 18 heavy (non-hydrogen) atoms. The van der Waals surface area contributed by atoms with Crippen LogP contribution in [0.1, 0.15) is 51.9 Å². The van der Waals surface area contributed by atoms with Gasteiger partial charge in [0.05, 0.1) is 12.0 Å². The van der Waals surface area contributed by atoms with E-state index in [1.165, 1.54) is 0 Å². The molecule has 0 bridgehead atoms. The van der Waals surface area contributed by atoms with E-state index in [1.54, 1.807) is 12.5 Å². The first-order valence-corrected chi connectivity index (χ1v) is 6.54. The van der Waals surface area contributed by atoms with E-state index < -0.39 is 0 Å². The third kappa shape index (κ3) is 3.32. The van der Waals surface area contributed by atoms with Crippen molar-refractivity contribution < 1.29 is 4.79 Å². The molecule has 0 saturated heterocycles. The Kier molecular flexibility index (Phi) is 5.34. The lowest BCUT2D eigenvalue weighted by atomic mass is 10.0. The smallest absolute Gasteiger partial charge is 0.242 e. The molecular weight excluding hydrogens is 228 g/mol. The molecule has 0 aliphatic rings. The van der Waals surface area contributed by atoms with Crippen molar-refractivity contribution in [3.63, 3.8) is 0 Å². The maximum absolute atomic E-state index is 11.9. The zero-order valence-corrected chi connectivity index (χ0v) is 11.7. The van der Waals surface area contributed by atoms with Crippen LogP contribution in [0.4, 0.5) is 0 Å². The number of hydrogen-bond acceptors (Lipinski definition) is 3. The molecule has 0 aromatic carbocycles. The van der Waals surface area contributed by atoms with Crippen molar-refractivity contribution in [2.75, 3.05) is 6.54 Å². The van der Waals surface area contributed by atoms with Gasteiger partial charge in [-0.1, -0.05) is 20.8 Å². The van der Waals surface area contributed by atoms with Crippen molar-refractivity contribution in [1.82, 2.24) is 14.9 Å². The van der Waals surface area contributed by atoms with Gasteiger partial charge in [-0.25, -0.2) is 4.98 Å². The molecule has 1 rings (SSSR count). The zero-order valence-electron chi connectivity index (χ0n) is 11.7. The monoisotopic (exact) mass is 252 g/mol. The van der Waals surface area contributed by atoms with Gasteiger partial charge in [0.1, 0.15) is 6.04 Å². The summed E-state index contributed by atoms with van der Waals surface area (Å²) in [6.07, 6.45) is 4.35. The molecule has 0 aliphatic carbocycles. The van der Waals surface area contributed by atoms with E-state index in [1.807, 2.05) is 18.4 Å². The zero-order chi connectivity index (χ0) is 13.7. The minimum absolute atomic E-state index is 0.00653. The lowest BCUT2D eigenvalue weighted by Crippen LogP contribution is -2.33. The van der Waals surface area contributed by atoms with Crippen LogP contribution >= 0.6 is 0 Å². The molecule has 0 fully saturated rings. The minimum atomic E-state index is -0.279. The number of carbonyl (C=O) groups is 1. The van der Waals surface area contributed by atoms with E-state index in [4.69, 9.17) is 5.73 Å². The molecule has 5 nitrogen and oxygen atoms in total. The number of hydrogen-bond donors (Lipinski definition) is 2. The van der Waals surface area contributed by atoms with Gasteiger partial charge in [-0.2, -0.15) is 0 Å². The summed E-state index contributed by atoms with van der Waals surface area (Å²) < 4.78 is 1.86. The van der Waals surface area contributed by atoms with Crippen LogP contribution in [-0.2, 0) is 4.79 Å². The molecule has 1 aromatic rings. The maximum Gasteiger partial charge on any atom is 0.242 e. The van der Waals surface area contributed by atoms with Gasteiger partial charge >= 0.3 is 0 Å². The Balaban J connectivity index is 2.83. The highest BCUT2D eigenvalue weighted by molar-refractivity contribution is 5.79. The maximum atomic E-state index is 11.9. The molecule has 0 aliphatic heterocycles. The highest BCUT2D eigenvalue weighted by Crippen LogP contribution is 2.21. The van der Waals surface area contributed by atoms with Crippen molar-refractivity contribution in [1.29, 1.82) is 0 Å². The third-order valence-electron chi connectivity index (χ3n) is 3.10. The van der Waals surface area contributed by atoms with Gasteiger partial charge in [0.15, 0.2) is 0 Å². The van der Waals surface area contributed by atoms with Crippen LogP contribution in [0.25, 0.3) is 0 Å². The molecule has 0 saturated carbocycles. The molecule has 2 atom stereocenters. The van der Waals surface area contributed by atoms with E-state index in [0.29, 0.717) is 12.5 Å². The Bertz CT molecular complexity index is 386. The van der Waals surface area contributed by atoms with Crippen LogP contribution in [0.2, 0.25) is 0 Å². The highest BCUT2D eigenvalue weighted by atomic mass is 16.2. The first-order chi connectivity index (χ1) is 8.49. The topological polar surface area (TPSA) is 72.9 Å². The van der Waals surface area contributed by atoms with Crippen LogP contribution in [-0.4, -0.2) is 22.0 Å². The first kappa shape index (κ1) is 14.7. The van der Waals surface area contributed by atoms with E-state index >= 15 is 0 Å². The van der Waals surface area contributed by atoms with Gasteiger partial charge in [0.2, 0.25) is 5.91 Å². The summed E-state index contributed by atoms with van der Waals surface area (Å²) in [6, 6.07) is -0.382. The predicted molar refractivity (Wildman–Crippen MR) is 72.0 cm³/mol. The molecule has 1 aromatic heterocycles. The normalized spacial score (nSPS) is 14.6. The summed E-state index contributed by atoms with van der Waals surface area (Å²) in [5, 5.41) is 2.89. The van der Waals surface area contributed by atoms with Gasteiger partial charge in [-0.05, 0) is 19.3 Å². The van der Waals surface area contributed by atoms with Crippen LogP contribution in [0.5, 0.6) is 0 Å².